The van der Waals surface area contributed by atoms with Gasteiger partial charge in [-0.2, -0.15) is 0 Å². The third-order valence-electron chi connectivity index (χ3n) is 0. The first kappa shape index (κ1) is 15.7. The summed E-state index contributed by atoms with van der Waals surface area (Å²) in [6, 6.07) is 0. The molecule has 0 unspecified atom stereocenters. The zero-order valence-corrected chi connectivity index (χ0v) is 8.80. The van der Waals surface area contributed by atoms with Crippen LogP contribution in [0, 0.1) is 15.3 Å². The van der Waals surface area contributed by atoms with Gasteiger partial charge in [-0.1, -0.05) is 0 Å². The smallest absolute Gasteiger partial charge is 0.356 e. The minimum atomic E-state index is -1.75. The number of rotatable bonds is 0. The Morgan fingerprint density at radius 1 is 1.33 bits per heavy atom. The molecule has 0 bridgehead atoms. The third kappa shape index (κ3) is 40.5. The van der Waals surface area contributed by atoms with E-state index in [0.29, 0.717) is 0 Å². The molecule has 0 atom stereocenters. The van der Waals surface area contributed by atoms with E-state index in [1.807, 2.05) is 0 Å². The molecule has 0 amide bonds. The topological polar surface area (TPSA) is 66.2 Å². The summed E-state index contributed by atoms with van der Waals surface area (Å²) in [6.07, 6.45) is 0. The van der Waals surface area contributed by atoms with Crippen LogP contribution in [0.3, 0.4) is 0 Å². The van der Waals surface area contributed by atoms with Crippen LogP contribution >= 0.6 is 0 Å². The molecular formula is KNNaO3+. The second-order valence-electron chi connectivity index (χ2n) is 0.224. The summed E-state index contributed by atoms with van der Waals surface area (Å²) < 4.78 is 0. The van der Waals surface area contributed by atoms with Crippen LogP contribution in [-0.2, 0) is 0 Å². The monoisotopic (exact) mass is 124 g/mol. The molecule has 6 heteroatoms. The van der Waals surface area contributed by atoms with E-state index >= 15 is 0 Å². The largest absolute Gasteiger partial charge is 1.00 e. The SMILES string of the molecule is O=[N+]([O-])[O-].[K+].[Na+]. The minimum Gasteiger partial charge on any atom is -0.356 e. The van der Waals surface area contributed by atoms with Crippen LogP contribution in [0.15, 0.2) is 0 Å². The molecule has 0 aromatic rings. The van der Waals surface area contributed by atoms with Crippen molar-refractivity contribution in [2.75, 3.05) is 0 Å². The minimum absolute atomic E-state index is 0. The maximum Gasteiger partial charge on any atom is 1.00 e. The molecule has 0 aliphatic carbocycles. The summed E-state index contributed by atoms with van der Waals surface area (Å²) in [7, 11) is 0. The van der Waals surface area contributed by atoms with Crippen molar-refractivity contribution in [3.63, 3.8) is 0 Å². The molecule has 24 valence electrons. The van der Waals surface area contributed by atoms with E-state index in [0.717, 1.165) is 0 Å². The Bertz CT molecular complexity index is 33.8. The van der Waals surface area contributed by atoms with Crippen molar-refractivity contribution in [1.29, 1.82) is 0 Å². The van der Waals surface area contributed by atoms with E-state index in [4.69, 9.17) is 15.3 Å². The molecule has 0 spiro atoms. The van der Waals surface area contributed by atoms with Gasteiger partial charge in [0.15, 0.2) is 0 Å². The molecular weight excluding hydrogens is 124 g/mol. The van der Waals surface area contributed by atoms with E-state index < -0.39 is 5.09 Å². The van der Waals surface area contributed by atoms with Crippen molar-refractivity contribution in [3.8, 4) is 0 Å². The molecule has 0 aliphatic rings. The van der Waals surface area contributed by atoms with Gasteiger partial charge in [-0.3, -0.25) is 0 Å². The van der Waals surface area contributed by atoms with Crippen molar-refractivity contribution in [1.82, 2.24) is 0 Å². The fourth-order valence-corrected chi connectivity index (χ4v) is 0. The molecule has 0 aliphatic heterocycles. The molecule has 0 aromatic heterocycles. The fraction of sp³-hybridized carbons (Fsp3) is 0. The van der Waals surface area contributed by atoms with Gasteiger partial charge in [0.1, 0.15) is 0 Å². The van der Waals surface area contributed by atoms with Gasteiger partial charge in [-0.05, 0) is 0 Å². The van der Waals surface area contributed by atoms with E-state index in [1.165, 1.54) is 0 Å². The third-order valence-corrected chi connectivity index (χ3v) is 0. The van der Waals surface area contributed by atoms with E-state index in [-0.39, 0.29) is 80.9 Å². The van der Waals surface area contributed by atoms with Gasteiger partial charge in [-0.25, -0.2) is 0 Å². The van der Waals surface area contributed by atoms with Crippen molar-refractivity contribution in [2.45, 2.75) is 0 Å². The van der Waals surface area contributed by atoms with Crippen LogP contribution < -0.4 is 80.9 Å². The van der Waals surface area contributed by atoms with E-state index in [1.54, 1.807) is 0 Å². The standard InChI is InChI=1S/K.NO3.Na/c;2-1(3)4;/q+1;-1;+1. The normalized spacial score (nSPS) is 4.00. The number of hydrogen-bond acceptors (Lipinski definition) is 3. The van der Waals surface area contributed by atoms with Gasteiger partial charge in [0.05, 0.1) is 5.09 Å². The second kappa shape index (κ2) is 9.96. The van der Waals surface area contributed by atoms with Crippen LogP contribution in [0.25, 0.3) is 0 Å². The molecule has 0 radical (unpaired) electrons. The van der Waals surface area contributed by atoms with Crippen molar-refractivity contribution in [3.05, 3.63) is 15.3 Å². The Hall–Kier alpha value is 1.84. The molecule has 0 rings (SSSR count). The van der Waals surface area contributed by atoms with Crippen LogP contribution in [0.2, 0.25) is 0 Å². The molecule has 0 heterocycles. The predicted molar refractivity (Wildman–Crippen MR) is 10.4 cm³/mol. The van der Waals surface area contributed by atoms with Gasteiger partial charge in [-0.15, -0.1) is 0 Å². The molecule has 0 saturated heterocycles. The first-order valence-electron chi connectivity index (χ1n) is 0.548. The quantitative estimate of drug-likeness (QED) is 0.183. The molecule has 0 fully saturated rings. The second-order valence-corrected chi connectivity index (χ2v) is 0.224. The van der Waals surface area contributed by atoms with Gasteiger partial charge in [0.2, 0.25) is 0 Å². The first-order chi connectivity index (χ1) is 1.73. The average Bonchev–Trinajstić information content (AvgIpc) is 0.811. The summed E-state index contributed by atoms with van der Waals surface area (Å²) in [4.78, 5) is 8.25. The molecule has 0 N–H and O–H groups in total. The molecule has 4 nitrogen and oxygen atoms in total. The van der Waals surface area contributed by atoms with Gasteiger partial charge >= 0.3 is 80.9 Å². The maximum atomic E-state index is 8.25. The molecule has 0 aromatic carbocycles. The average molecular weight is 124 g/mol. The maximum absolute atomic E-state index is 8.25. The van der Waals surface area contributed by atoms with Crippen molar-refractivity contribution >= 4 is 0 Å². The number of nitrogens with zero attached hydrogens (tertiary/aromatic N) is 1. The Labute approximate surface area is 99.1 Å². The Balaban J connectivity index is -0.0000000450. The fourth-order valence-electron chi connectivity index (χ4n) is 0. The Kier molecular flexibility index (Phi) is 26.0. The summed E-state index contributed by atoms with van der Waals surface area (Å²) in [6.45, 7) is 0. The van der Waals surface area contributed by atoms with E-state index in [2.05, 4.69) is 0 Å². The zero-order chi connectivity index (χ0) is 3.58. The zero-order valence-electron chi connectivity index (χ0n) is 3.67. The Morgan fingerprint density at radius 3 is 1.33 bits per heavy atom. The van der Waals surface area contributed by atoms with E-state index in [9.17, 15) is 0 Å². The van der Waals surface area contributed by atoms with Crippen LogP contribution in [0.5, 0.6) is 0 Å². The van der Waals surface area contributed by atoms with Gasteiger partial charge < -0.3 is 15.3 Å². The first-order valence-corrected chi connectivity index (χ1v) is 0.548. The Morgan fingerprint density at radius 2 is 1.33 bits per heavy atom. The van der Waals surface area contributed by atoms with Crippen LogP contribution in [0.1, 0.15) is 0 Å². The summed E-state index contributed by atoms with van der Waals surface area (Å²) in [5.41, 5.74) is 0. The summed E-state index contributed by atoms with van der Waals surface area (Å²) in [5, 5.41) is 14.8. The van der Waals surface area contributed by atoms with Crippen LogP contribution in [-0.4, -0.2) is 5.09 Å². The summed E-state index contributed by atoms with van der Waals surface area (Å²) >= 11 is 0. The predicted octanol–water partition coefficient (Wildman–Crippen LogP) is -6.23. The van der Waals surface area contributed by atoms with Gasteiger partial charge in [0, 0.05) is 0 Å². The van der Waals surface area contributed by atoms with Crippen molar-refractivity contribution in [2.24, 2.45) is 0 Å². The molecule has 0 saturated carbocycles. The van der Waals surface area contributed by atoms with Gasteiger partial charge in [0.25, 0.3) is 0 Å². The summed E-state index contributed by atoms with van der Waals surface area (Å²) in [5.74, 6) is 0. The van der Waals surface area contributed by atoms with Crippen molar-refractivity contribution < 1.29 is 86.0 Å². The molecule has 6 heavy (non-hydrogen) atoms. The van der Waals surface area contributed by atoms with Crippen LogP contribution in [0.4, 0.5) is 0 Å². The number of hydrogen-bond donors (Lipinski definition) is 0.